The number of nitrogens with zero attached hydrogens (tertiary/aromatic N) is 1. The Morgan fingerprint density at radius 2 is 2.04 bits per heavy atom. The molecule has 1 amide bonds. The number of amides is 1. The molecule has 0 aromatic heterocycles. The molecule has 1 aromatic rings. The number of benzene rings is 1. The first-order valence-electron chi connectivity index (χ1n) is 7.79. The van der Waals surface area contributed by atoms with Gasteiger partial charge in [0, 0.05) is 18.5 Å². The lowest BCUT2D eigenvalue weighted by atomic mass is 10.2. The van der Waals surface area contributed by atoms with Crippen LogP contribution in [0.25, 0.3) is 0 Å². The minimum Gasteiger partial charge on any atom is -0.452 e. The molecule has 0 aliphatic heterocycles. The predicted molar refractivity (Wildman–Crippen MR) is 89.2 cm³/mol. The molecule has 2 rings (SSSR count). The molecule has 0 saturated carbocycles. The molecule has 0 fully saturated rings. The number of allylic oxidation sites excluding steroid dienone is 2. The summed E-state index contributed by atoms with van der Waals surface area (Å²) in [6, 6.07) is 5.58. The van der Waals surface area contributed by atoms with Crippen LogP contribution in [0.2, 0.25) is 0 Å². The first-order valence-corrected chi connectivity index (χ1v) is 9.68. The van der Waals surface area contributed by atoms with Gasteiger partial charge in [0.1, 0.15) is 0 Å². The van der Waals surface area contributed by atoms with E-state index in [0.29, 0.717) is 6.54 Å². The minimum absolute atomic E-state index is 0.0366. The molecule has 0 bridgehead atoms. The average molecular weight is 351 g/mol. The van der Waals surface area contributed by atoms with E-state index >= 15 is 0 Å². The van der Waals surface area contributed by atoms with Gasteiger partial charge in [-0.25, -0.2) is 13.2 Å². The van der Waals surface area contributed by atoms with Crippen molar-refractivity contribution in [2.45, 2.75) is 31.1 Å². The smallest absolute Gasteiger partial charge is 0.338 e. The zero-order valence-corrected chi connectivity index (χ0v) is 14.6. The van der Waals surface area contributed by atoms with Crippen LogP contribution in [0.4, 0.5) is 0 Å². The largest absolute Gasteiger partial charge is 0.452 e. The number of hydrogen-bond donors (Lipinski definition) is 0. The highest BCUT2D eigenvalue weighted by Gasteiger charge is 2.20. The van der Waals surface area contributed by atoms with E-state index in [4.69, 9.17) is 4.74 Å². The highest BCUT2D eigenvalue weighted by atomic mass is 32.2. The zero-order chi connectivity index (χ0) is 17.7. The third-order valence-corrected chi connectivity index (χ3v) is 4.92. The van der Waals surface area contributed by atoms with Gasteiger partial charge >= 0.3 is 5.97 Å². The Balaban J connectivity index is 2.01. The van der Waals surface area contributed by atoms with E-state index in [-0.39, 0.29) is 23.0 Å². The van der Waals surface area contributed by atoms with E-state index in [2.05, 4.69) is 0 Å². The molecule has 130 valence electrons. The van der Waals surface area contributed by atoms with Crippen molar-refractivity contribution in [2.24, 2.45) is 0 Å². The molecule has 0 unspecified atom stereocenters. The molecule has 6 nitrogen and oxygen atoms in total. The van der Waals surface area contributed by atoms with E-state index in [1.807, 2.05) is 13.0 Å². The van der Waals surface area contributed by atoms with Gasteiger partial charge < -0.3 is 9.64 Å². The molecule has 7 heteroatoms. The molecule has 0 heterocycles. The first kappa shape index (κ1) is 18.2. The van der Waals surface area contributed by atoms with Crippen molar-refractivity contribution < 1.29 is 22.7 Å². The maximum Gasteiger partial charge on any atom is 0.338 e. The first-order chi connectivity index (χ1) is 11.3. The second kappa shape index (κ2) is 7.61. The van der Waals surface area contributed by atoms with Crippen LogP contribution < -0.4 is 0 Å². The lowest BCUT2D eigenvalue weighted by Crippen LogP contribution is -2.33. The van der Waals surface area contributed by atoms with Crippen molar-refractivity contribution in [1.29, 1.82) is 0 Å². The molecular weight excluding hydrogens is 330 g/mol. The fourth-order valence-corrected chi connectivity index (χ4v) is 3.25. The topological polar surface area (TPSA) is 80.8 Å². The molecule has 0 saturated heterocycles. The Morgan fingerprint density at radius 3 is 2.62 bits per heavy atom. The molecule has 0 N–H and O–H groups in total. The van der Waals surface area contributed by atoms with E-state index < -0.39 is 15.8 Å². The second-order valence-electron chi connectivity index (χ2n) is 5.60. The predicted octanol–water partition coefficient (Wildman–Crippen LogP) is 2.16. The fourth-order valence-electron chi connectivity index (χ4n) is 2.58. The molecule has 1 aliphatic rings. The van der Waals surface area contributed by atoms with Crippen molar-refractivity contribution in [1.82, 2.24) is 4.90 Å². The van der Waals surface area contributed by atoms with Crippen molar-refractivity contribution in [3.8, 4) is 0 Å². The molecule has 1 aliphatic carbocycles. The number of likely N-dealkylation sites (N-methyl/N-ethyl adjacent to an activating group) is 1. The van der Waals surface area contributed by atoms with Crippen LogP contribution in [-0.4, -0.2) is 44.6 Å². The summed E-state index contributed by atoms with van der Waals surface area (Å²) in [5.74, 6) is -0.997. The monoisotopic (exact) mass is 351 g/mol. The highest BCUT2D eigenvalue weighted by Crippen LogP contribution is 2.21. The van der Waals surface area contributed by atoms with E-state index in [9.17, 15) is 18.0 Å². The van der Waals surface area contributed by atoms with E-state index in [1.54, 1.807) is 4.90 Å². The van der Waals surface area contributed by atoms with Gasteiger partial charge in [-0.3, -0.25) is 4.79 Å². The van der Waals surface area contributed by atoms with Crippen LogP contribution in [0.3, 0.4) is 0 Å². The third-order valence-electron chi connectivity index (χ3n) is 3.81. The highest BCUT2D eigenvalue weighted by molar-refractivity contribution is 7.90. The Labute approximate surface area is 142 Å². The Hall–Kier alpha value is -2.15. The lowest BCUT2D eigenvalue weighted by molar-refractivity contribution is -0.132. The number of rotatable bonds is 6. The molecule has 24 heavy (non-hydrogen) atoms. The SMILES string of the molecule is CCN(C(=O)COC(=O)c1cccc(S(C)(=O)=O)c1)C1=CCCC1. The number of carbonyl (C=O) groups excluding carboxylic acids is 2. The maximum atomic E-state index is 12.2. The standard InChI is InChI=1S/C17H21NO5S/c1-3-18(14-8-4-5-9-14)16(19)12-23-17(20)13-7-6-10-15(11-13)24(2,21)22/h6-8,10-11H,3-5,9,12H2,1-2H3. The molecular formula is C17H21NO5S. The van der Waals surface area contributed by atoms with Gasteiger partial charge in [-0.15, -0.1) is 0 Å². The summed E-state index contributed by atoms with van der Waals surface area (Å²) < 4.78 is 28.1. The molecule has 0 spiro atoms. The fraction of sp³-hybridized carbons (Fsp3) is 0.412. The van der Waals surface area contributed by atoms with Crippen molar-refractivity contribution in [2.75, 3.05) is 19.4 Å². The van der Waals surface area contributed by atoms with Crippen LogP contribution in [0.1, 0.15) is 36.5 Å². The van der Waals surface area contributed by atoms with Gasteiger partial charge in [-0.2, -0.15) is 0 Å². The molecule has 1 aromatic carbocycles. The van der Waals surface area contributed by atoms with Gasteiger partial charge in [0.25, 0.3) is 5.91 Å². The summed E-state index contributed by atoms with van der Waals surface area (Å²) >= 11 is 0. The number of carbonyl (C=O) groups is 2. The quantitative estimate of drug-likeness (QED) is 0.734. The Morgan fingerprint density at radius 1 is 1.29 bits per heavy atom. The maximum absolute atomic E-state index is 12.2. The molecule has 0 atom stereocenters. The van der Waals surface area contributed by atoms with E-state index in [1.165, 1.54) is 24.3 Å². The number of ether oxygens (including phenoxy) is 1. The van der Waals surface area contributed by atoms with Gasteiger partial charge in [0.15, 0.2) is 16.4 Å². The van der Waals surface area contributed by atoms with Crippen LogP contribution in [0.15, 0.2) is 40.9 Å². The lowest BCUT2D eigenvalue weighted by Gasteiger charge is -2.22. The summed E-state index contributed by atoms with van der Waals surface area (Å²) in [7, 11) is -3.41. The Bertz CT molecular complexity index is 767. The van der Waals surface area contributed by atoms with Crippen LogP contribution in [0.5, 0.6) is 0 Å². The average Bonchev–Trinajstić information content (AvgIpc) is 3.07. The van der Waals surface area contributed by atoms with Crippen molar-refractivity contribution in [3.05, 3.63) is 41.6 Å². The number of hydrogen-bond acceptors (Lipinski definition) is 5. The summed E-state index contributed by atoms with van der Waals surface area (Å²) in [4.78, 5) is 25.9. The summed E-state index contributed by atoms with van der Waals surface area (Å²) in [5.41, 5.74) is 1.08. The third kappa shape index (κ3) is 4.44. The van der Waals surface area contributed by atoms with Gasteiger partial charge in [0.2, 0.25) is 0 Å². The second-order valence-corrected chi connectivity index (χ2v) is 7.62. The number of esters is 1. The van der Waals surface area contributed by atoms with Crippen molar-refractivity contribution in [3.63, 3.8) is 0 Å². The van der Waals surface area contributed by atoms with Gasteiger partial charge in [-0.05, 0) is 44.4 Å². The summed E-state index contributed by atoms with van der Waals surface area (Å²) in [5, 5.41) is 0. The van der Waals surface area contributed by atoms with Crippen LogP contribution in [0, 0.1) is 0 Å². The normalized spacial score (nSPS) is 14.2. The van der Waals surface area contributed by atoms with Gasteiger partial charge in [0.05, 0.1) is 10.5 Å². The van der Waals surface area contributed by atoms with E-state index in [0.717, 1.165) is 31.2 Å². The van der Waals surface area contributed by atoms with Crippen LogP contribution in [-0.2, 0) is 19.4 Å². The zero-order valence-electron chi connectivity index (χ0n) is 13.8. The summed E-state index contributed by atoms with van der Waals surface area (Å²) in [6.07, 6.45) is 5.92. The Kier molecular flexibility index (Phi) is 5.77. The molecule has 0 radical (unpaired) electrons. The number of sulfone groups is 1. The van der Waals surface area contributed by atoms with Gasteiger partial charge in [-0.1, -0.05) is 12.1 Å². The van der Waals surface area contributed by atoms with Crippen LogP contribution >= 0.6 is 0 Å². The summed E-state index contributed by atoms with van der Waals surface area (Å²) in [6.45, 7) is 2.02. The van der Waals surface area contributed by atoms with Crippen molar-refractivity contribution >= 4 is 21.7 Å². The minimum atomic E-state index is -3.41.